The van der Waals surface area contributed by atoms with Gasteiger partial charge in [-0.1, -0.05) is 30.3 Å². The lowest BCUT2D eigenvalue weighted by Gasteiger charge is -2.37. The van der Waals surface area contributed by atoms with Crippen molar-refractivity contribution in [1.82, 2.24) is 9.97 Å². The smallest absolute Gasteiger partial charge is 0.244 e. The molecule has 6 nitrogen and oxygen atoms in total. The van der Waals surface area contributed by atoms with Crippen LogP contribution in [0.4, 0.5) is 0 Å². The Morgan fingerprint density at radius 3 is 2.76 bits per heavy atom. The SMILES string of the molecule is O=C1c2nccnc2O[C@@H]2CO[C@H](c3ccccc3)O[C@H]12. The standard InChI is InChI=1S/C15H12N2O4/c18-12-11-14(17-7-6-16-11)20-10-8-19-15(21-13(10)12)9-4-2-1-3-5-9/h1-7,10,13,15H,8H2/t10-,13+,15+/m1/s1. The minimum absolute atomic E-state index is 0.210. The molecule has 1 aromatic carbocycles. The van der Waals surface area contributed by atoms with Crippen molar-refractivity contribution in [2.45, 2.75) is 18.5 Å². The number of carbonyl (C=O) groups is 1. The van der Waals surface area contributed by atoms with E-state index in [0.717, 1.165) is 5.56 Å². The highest BCUT2D eigenvalue weighted by molar-refractivity contribution is 6.01. The Balaban J connectivity index is 1.63. The summed E-state index contributed by atoms with van der Waals surface area (Å²) in [5.74, 6) is 0.0349. The number of ketones is 1. The molecule has 0 spiro atoms. The molecule has 0 bridgehead atoms. The zero-order valence-corrected chi connectivity index (χ0v) is 11.0. The number of rotatable bonds is 1. The summed E-state index contributed by atoms with van der Waals surface area (Å²) in [5.41, 5.74) is 1.08. The molecule has 0 radical (unpaired) electrons. The number of aromatic nitrogens is 2. The first kappa shape index (κ1) is 12.4. The number of Topliss-reactive ketones (excluding diaryl/α,β-unsaturated/α-hetero) is 1. The molecule has 21 heavy (non-hydrogen) atoms. The second-order valence-corrected chi connectivity index (χ2v) is 4.86. The van der Waals surface area contributed by atoms with Crippen molar-refractivity contribution in [2.24, 2.45) is 0 Å². The molecule has 0 saturated carbocycles. The molecular formula is C15H12N2O4. The molecule has 1 fully saturated rings. The zero-order valence-electron chi connectivity index (χ0n) is 11.0. The Morgan fingerprint density at radius 2 is 1.90 bits per heavy atom. The Kier molecular flexibility index (Phi) is 2.90. The average molecular weight is 284 g/mol. The Bertz CT molecular complexity index is 676. The second-order valence-electron chi connectivity index (χ2n) is 4.86. The van der Waals surface area contributed by atoms with Crippen LogP contribution in [0.2, 0.25) is 0 Å². The maximum absolute atomic E-state index is 12.5. The molecule has 1 aromatic heterocycles. The molecule has 0 aliphatic carbocycles. The van der Waals surface area contributed by atoms with E-state index in [9.17, 15) is 4.79 Å². The maximum atomic E-state index is 12.5. The fourth-order valence-corrected chi connectivity index (χ4v) is 2.50. The first-order valence-corrected chi connectivity index (χ1v) is 6.67. The van der Waals surface area contributed by atoms with E-state index in [4.69, 9.17) is 14.2 Å². The highest BCUT2D eigenvalue weighted by atomic mass is 16.7. The molecule has 2 aliphatic rings. The van der Waals surface area contributed by atoms with Crippen LogP contribution >= 0.6 is 0 Å². The van der Waals surface area contributed by atoms with Gasteiger partial charge in [0.05, 0.1) is 6.61 Å². The van der Waals surface area contributed by atoms with E-state index in [2.05, 4.69) is 9.97 Å². The van der Waals surface area contributed by atoms with E-state index in [1.54, 1.807) is 0 Å². The normalized spacial score (nSPS) is 27.4. The average Bonchev–Trinajstić information content (AvgIpc) is 2.56. The zero-order chi connectivity index (χ0) is 14.2. The molecule has 6 heteroatoms. The lowest BCUT2D eigenvalue weighted by atomic mass is 10.0. The molecule has 3 heterocycles. The van der Waals surface area contributed by atoms with E-state index in [-0.39, 0.29) is 24.0 Å². The van der Waals surface area contributed by atoms with Crippen LogP contribution in [0.3, 0.4) is 0 Å². The van der Waals surface area contributed by atoms with Gasteiger partial charge in [-0.15, -0.1) is 0 Å². The fraction of sp³-hybridized carbons (Fsp3) is 0.267. The molecule has 3 atom stereocenters. The summed E-state index contributed by atoms with van der Waals surface area (Å²) < 4.78 is 17.1. The van der Waals surface area contributed by atoms with Crippen molar-refractivity contribution in [1.29, 1.82) is 0 Å². The number of nitrogens with zero attached hydrogens (tertiary/aromatic N) is 2. The van der Waals surface area contributed by atoms with Gasteiger partial charge in [0.2, 0.25) is 11.7 Å². The predicted molar refractivity (Wildman–Crippen MR) is 70.8 cm³/mol. The van der Waals surface area contributed by atoms with Crippen LogP contribution in [0.15, 0.2) is 42.7 Å². The number of hydrogen-bond acceptors (Lipinski definition) is 6. The third kappa shape index (κ3) is 2.09. The quantitative estimate of drug-likeness (QED) is 0.791. The Labute approximate surface area is 120 Å². The molecule has 0 N–H and O–H groups in total. The van der Waals surface area contributed by atoms with Gasteiger partial charge in [0, 0.05) is 18.0 Å². The summed E-state index contributed by atoms with van der Waals surface area (Å²) in [6.07, 6.45) is 1.19. The molecule has 106 valence electrons. The van der Waals surface area contributed by atoms with Gasteiger partial charge in [-0.25, -0.2) is 9.97 Å². The molecule has 0 unspecified atom stereocenters. The number of benzene rings is 1. The summed E-state index contributed by atoms with van der Waals surface area (Å²) >= 11 is 0. The van der Waals surface area contributed by atoms with Gasteiger partial charge in [0.1, 0.15) is 0 Å². The topological polar surface area (TPSA) is 70.5 Å². The summed E-state index contributed by atoms with van der Waals surface area (Å²) in [7, 11) is 0. The predicted octanol–water partition coefficient (Wildman–Crippen LogP) is 1.53. The van der Waals surface area contributed by atoms with Crippen LogP contribution in [0.25, 0.3) is 0 Å². The minimum Gasteiger partial charge on any atom is -0.467 e. The van der Waals surface area contributed by atoms with Gasteiger partial charge in [0.25, 0.3) is 0 Å². The number of carbonyl (C=O) groups excluding carboxylic acids is 1. The molecule has 4 rings (SSSR count). The second kappa shape index (κ2) is 4.91. The van der Waals surface area contributed by atoms with Gasteiger partial charge in [-0.2, -0.15) is 0 Å². The van der Waals surface area contributed by atoms with E-state index in [0.29, 0.717) is 0 Å². The van der Waals surface area contributed by atoms with Crippen LogP contribution in [0.1, 0.15) is 22.3 Å². The van der Waals surface area contributed by atoms with E-state index >= 15 is 0 Å². The van der Waals surface area contributed by atoms with Crippen LogP contribution in [0, 0.1) is 0 Å². The molecule has 0 amide bonds. The van der Waals surface area contributed by atoms with Crippen LogP contribution < -0.4 is 4.74 Å². The van der Waals surface area contributed by atoms with Crippen LogP contribution in [-0.2, 0) is 9.47 Å². The number of hydrogen-bond donors (Lipinski definition) is 0. The molecule has 1 saturated heterocycles. The van der Waals surface area contributed by atoms with Crippen molar-refractivity contribution >= 4 is 5.78 Å². The Morgan fingerprint density at radius 1 is 1.10 bits per heavy atom. The van der Waals surface area contributed by atoms with Crippen molar-refractivity contribution < 1.29 is 19.0 Å². The van der Waals surface area contributed by atoms with E-state index < -0.39 is 18.5 Å². The molecule has 2 aliphatic heterocycles. The summed E-state index contributed by atoms with van der Waals surface area (Å²) in [6.45, 7) is 0.270. The third-order valence-corrected chi connectivity index (χ3v) is 3.51. The van der Waals surface area contributed by atoms with E-state index in [1.807, 2.05) is 30.3 Å². The third-order valence-electron chi connectivity index (χ3n) is 3.51. The lowest BCUT2D eigenvalue weighted by molar-refractivity contribution is -0.240. The first-order valence-electron chi connectivity index (χ1n) is 6.67. The van der Waals surface area contributed by atoms with E-state index in [1.165, 1.54) is 12.4 Å². The van der Waals surface area contributed by atoms with Crippen molar-refractivity contribution in [2.75, 3.05) is 6.61 Å². The van der Waals surface area contributed by atoms with Crippen LogP contribution in [0.5, 0.6) is 5.88 Å². The highest BCUT2D eigenvalue weighted by Crippen LogP contribution is 2.33. The van der Waals surface area contributed by atoms with Gasteiger partial charge in [-0.3, -0.25) is 4.79 Å². The highest BCUT2D eigenvalue weighted by Gasteiger charge is 2.45. The molecule has 2 aromatic rings. The number of ether oxygens (including phenoxy) is 3. The van der Waals surface area contributed by atoms with Gasteiger partial charge < -0.3 is 14.2 Å². The number of fused-ring (bicyclic) bond motifs is 2. The fourth-order valence-electron chi connectivity index (χ4n) is 2.50. The van der Waals surface area contributed by atoms with Gasteiger partial charge >= 0.3 is 0 Å². The lowest BCUT2D eigenvalue weighted by Crippen LogP contribution is -2.51. The largest absolute Gasteiger partial charge is 0.467 e. The minimum atomic E-state index is -0.715. The maximum Gasteiger partial charge on any atom is 0.244 e. The van der Waals surface area contributed by atoms with Gasteiger partial charge in [-0.05, 0) is 0 Å². The monoisotopic (exact) mass is 284 g/mol. The van der Waals surface area contributed by atoms with Crippen molar-refractivity contribution in [3.05, 3.63) is 54.0 Å². The van der Waals surface area contributed by atoms with Gasteiger partial charge in [0.15, 0.2) is 24.2 Å². The first-order chi connectivity index (χ1) is 10.3. The Hall–Kier alpha value is -2.31. The van der Waals surface area contributed by atoms with Crippen LogP contribution in [-0.4, -0.2) is 34.6 Å². The van der Waals surface area contributed by atoms with Crippen molar-refractivity contribution in [3.63, 3.8) is 0 Å². The molecular weight excluding hydrogens is 272 g/mol. The summed E-state index contributed by atoms with van der Waals surface area (Å²) in [6, 6.07) is 9.50. The van der Waals surface area contributed by atoms with Crippen molar-refractivity contribution in [3.8, 4) is 5.88 Å². The summed E-state index contributed by atoms with van der Waals surface area (Å²) in [5, 5.41) is 0. The summed E-state index contributed by atoms with van der Waals surface area (Å²) in [4.78, 5) is 20.5.